The number of hydrogen-bond donors (Lipinski definition) is 1. The summed E-state index contributed by atoms with van der Waals surface area (Å²) < 4.78 is 0. The van der Waals surface area contributed by atoms with E-state index in [9.17, 15) is 0 Å². The molecule has 0 saturated heterocycles. The first kappa shape index (κ1) is 15.4. The number of hydrogen-bond acceptors (Lipinski definition) is 3. The minimum Gasteiger partial charge on any atom is -0.330 e. The van der Waals surface area contributed by atoms with Crippen LogP contribution in [0.25, 0.3) is 0 Å². The standard InChI is InChI=1S/C17H29N3/c1-13-16(11-8-12-18)14(2)20-17(19-13)15-9-6-4-3-5-7-10-15/h15H,3-12,18H2,1-2H3. The molecule has 0 aromatic carbocycles. The van der Waals surface area contributed by atoms with Crippen LogP contribution in [0.5, 0.6) is 0 Å². The van der Waals surface area contributed by atoms with Gasteiger partial charge in [0.25, 0.3) is 0 Å². The third-order valence-corrected chi connectivity index (χ3v) is 4.54. The van der Waals surface area contributed by atoms with Crippen LogP contribution >= 0.6 is 0 Å². The molecule has 1 fully saturated rings. The van der Waals surface area contributed by atoms with E-state index in [0.717, 1.165) is 25.2 Å². The molecule has 0 spiro atoms. The molecule has 1 aromatic rings. The molecule has 0 aliphatic heterocycles. The zero-order chi connectivity index (χ0) is 14.4. The molecule has 1 heterocycles. The molecule has 0 unspecified atom stereocenters. The third-order valence-electron chi connectivity index (χ3n) is 4.54. The second-order valence-corrected chi connectivity index (χ2v) is 6.17. The summed E-state index contributed by atoms with van der Waals surface area (Å²) in [5, 5.41) is 0. The van der Waals surface area contributed by atoms with E-state index in [-0.39, 0.29) is 0 Å². The molecule has 0 bridgehead atoms. The molecule has 1 aliphatic rings. The Bertz CT molecular complexity index is 397. The summed E-state index contributed by atoms with van der Waals surface area (Å²) in [6, 6.07) is 0. The molecule has 1 aliphatic carbocycles. The topological polar surface area (TPSA) is 51.8 Å². The molecule has 2 N–H and O–H groups in total. The molecule has 0 radical (unpaired) electrons. The van der Waals surface area contributed by atoms with E-state index in [4.69, 9.17) is 15.7 Å². The lowest BCUT2D eigenvalue weighted by atomic mass is 9.90. The van der Waals surface area contributed by atoms with Crippen molar-refractivity contribution in [2.24, 2.45) is 5.73 Å². The average molecular weight is 275 g/mol. The monoisotopic (exact) mass is 275 g/mol. The highest BCUT2D eigenvalue weighted by Gasteiger charge is 2.18. The molecule has 3 nitrogen and oxygen atoms in total. The number of nitrogens with zero attached hydrogens (tertiary/aromatic N) is 2. The van der Waals surface area contributed by atoms with Crippen LogP contribution in [0.3, 0.4) is 0 Å². The Morgan fingerprint density at radius 2 is 1.50 bits per heavy atom. The van der Waals surface area contributed by atoms with E-state index in [1.165, 1.54) is 61.9 Å². The quantitative estimate of drug-likeness (QED) is 0.909. The molecule has 20 heavy (non-hydrogen) atoms. The number of nitrogens with two attached hydrogens (primary N) is 1. The summed E-state index contributed by atoms with van der Waals surface area (Å²) in [6.45, 7) is 5.00. The van der Waals surface area contributed by atoms with E-state index in [1.807, 2.05) is 0 Å². The molecule has 3 heteroatoms. The van der Waals surface area contributed by atoms with Gasteiger partial charge in [-0.15, -0.1) is 0 Å². The first-order chi connectivity index (χ1) is 9.72. The average Bonchev–Trinajstić information content (AvgIpc) is 2.37. The van der Waals surface area contributed by atoms with Crippen LogP contribution in [0.2, 0.25) is 0 Å². The highest BCUT2D eigenvalue weighted by molar-refractivity contribution is 5.25. The molecule has 0 amide bonds. The normalized spacial score (nSPS) is 17.8. The Balaban J connectivity index is 2.15. The Morgan fingerprint density at radius 1 is 0.950 bits per heavy atom. The SMILES string of the molecule is Cc1nc(C2CCCCCCC2)nc(C)c1CCCN. The summed E-state index contributed by atoms with van der Waals surface area (Å²) in [5.41, 5.74) is 9.26. The first-order valence-corrected chi connectivity index (χ1v) is 8.26. The summed E-state index contributed by atoms with van der Waals surface area (Å²) in [6.07, 6.45) is 11.4. The lowest BCUT2D eigenvalue weighted by Crippen LogP contribution is -2.12. The van der Waals surface area contributed by atoms with Crippen molar-refractivity contribution in [1.82, 2.24) is 9.97 Å². The number of aromatic nitrogens is 2. The Hall–Kier alpha value is -0.960. The maximum absolute atomic E-state index is 5.61. The van der Waals surface area contributed by atoms with Gasteiger partial charge < -0.3 is 5.73 Å². The van der Waals surface area contributed by atoms with Crippen molar-refractivity contribution in [3.05, 3.63) is 22.8 Å². The van der Waals surface area contributed by atoms with Gasteiger partial charge in [0.15, 0.2) is 0 Å². The van der Waals surface area contributed by atoms with Gasteiger partial charge in [-0.1, -0.05) is 32.1 Å². The lowest BCUT2D eigenvalue weighted by molar-refractivity contribution is 0.440. The largest absolute Gasteiger partial charge is 0.330 e. The van der Waals surface area contributed by atoms with Gasteiger partial charge in [0, 0.05) is 17.3 Å². The predicted molar refractivity (Wildman–Crippen MR) is 83.9 cm³/mol. The van der Waals surface area contributed by atoms with Crippen LogP contribution in [0.1, 0.15) is 80.1 Å². The van der Waals surface area contributed by atoms with E-state index in [0.29, 0.717) is 5.92 Å². The molecule has 1 saturated carbocycles. The molecule has 2 rings (SSSR count). The van der Waals surface area contributed by atoms with Gasteiger partial charge in [0.2, 0.25) is 0 Å². The minimum atomic E-state index is 0.580. The smallest absolute Gasteiger partial charge is 0.131 e. The van der Waals surface area contributed by atoms with Crippen molar-refractivity contribution in [1.29, 1.82) is 0 Å². The maximum Gasteiger partial charge on any atom is 0.131 e. The highest BCUT2D eigenvalue weighted by Crippen LogP contribution is 2.29. The van der Waals surface area contributed by atoms with Crippen molar-refractivity contribution < 1.29 is 0 Å². The Labute approximate surface area is 123 Å². The van der Waals surface area contributed by atoms with Crippen molar-refractivity contribution in [2.75, 3.05) is 6.54 Å². The Morgan fingerprint density at radius 3 is 2.05 bits per heavy atom. The van der Waals surface area contributed by atoms with Crippen molar-refractivity contribution in [3.63, 3.8) is 0 Å². The first-order valence-electron chi connectivity index (χ1n) is 8.26. The molecular formula is C17H29N3. The van der Waals surface area contributed by atoms with Crippen LogP contribution < -0.4 is 5.73 Å². The maximum atomic E-state index is 5.61. The summed E-state index contributed by atoms with van der Waals surface area (Å²) in [5.74, 6) is 1.68. The zero-order valence-corrected chi connectivity index (χ0v) is 13.1. The van der Waals surface area contributed by atoms with Crippen LogP contribution in [0, 0.1) is 13.8 Å². The third kappa shape index (κ3) is 4.02. The van der Waals surface area contributed by atoms with E-state index >= 15 is 0 Å². The number of aryl methyl sites for hydroxylation is 2. The van der Waals surface area contributed by atoms with Gasteiger partial charge in [0.05, 0.1) is 0 Å². The van der Waals surface area contributed by atoms with Crippen LogP contribution in [-0.2, 0) is 6.42 Å². The summed E-state index contributed by atoms with van der Waals surface area (Å²) >= 11 is 0. The molecule has 112 valence electrons. The predicted octanol–water partition coefficient (Wildman–Crippen LogP) is 3.81. The second-order valence-electron chi connectivity index (χ2n) is 6.17. The second kappa shape index (κ2) is 7.72. The zero-order valence-electron chi connectivity index (χ0n) is 13.1. The van der Waals surface area contributed by atoms with E-state index < -0.39 is 0 Å². The fourth-order valence-electron chi connectivity index (χ4n) is 3.30. The fourth-order valence-corrected chi connectivity index (χ4v) is 3.30. The van der Waals surface area contributed by atoms with E-state index in [1.54, 1.807) is 0 Å². The van der Waals surface area contributed by atoms with Gasteiger partial charge in [-0.2, -0.15) is 0 Å². The fraction of sp³-hybridized carbons (Fsp3) is 0.765. The van der Waals surface area contributed by atoms with Crippen molar-refractivity contribution in [2.45, 2.75) is 77.6 Å². The lowest BCUT2D eigenvalue weighted by Gasteiger charge is -2.20. The van der Waals surface area contributed by atoms with Gasteiger partial charge in [-0.3, -0.25) is 0 Å². The summed E-state index contributed by atoms with van der Waals surface area (Å²) in [7, 11) is 0. The van der Waals surface area contributed by atoms with Crippen molar-refractivity contribution >= 4 is 0 Å². The highest BCUT2D eigenvalue weighted by atomic mass is 14.9. The van der Waals surface area contributed by atoms with Gasteiger partial charge in [-0.05, 0) is 51.6 Å². The summed E-state index contributed by atoms with van der Waals surface area (Å²) in [4.78, 5) is 9.66. The molecule has 0 atom stereocenters. The Kier molecular flexibility index (Phi) is 5.96. The van der Waals surface area contributed by atoms with Gasteiger partial charge >= 0.3 is 0 Å². The van der Waals surface area contributed by atoms with Crippen LogP contribution in [0.4, 0.5) is 0 Å². The van der Waals surface area contributed by atoms with Crippen LogP contribution in [-0.4, -0.2) is 16.5 Å². The van der Waals surface area contributed by atoms with E-state index in [2.05, 4.69) is 13.8 Å². The molecular weight excluding hydrogens is 246 g/mol. The van der Waals surface area contributed by atoms with Crippen molar-refractivity contribution in [3.8, 4) is 0 Å². The van der Waals surface area contributed by atoms with Gasteiger partial charge in [0.1, 0.15) is 5.82 Å². The minimum absolute atomic E-state index is 0.580. The molecule has 1 aromatic heterocycles. The number of rotatable bonds is 4. The van der Waals surface area contributed by atoms with Gasteiger partial charge in [-0.25, -0.2) is 9.97 Å². The van der Waals surface area contributed by atoms with Crippen LogP contribution in [0.15, 0.2) is 0 Å².